The van der Waals surface area contributed by atoms with Gasteiger partial charge in [-0.15, -0.1) is 0 Å². The van der Waals surface area contributed by atoms with Gasteiger partial charge in [-0.2, -0.15) is 0 Å². The molecule has 2 aromatic carbocycles. The van der Waals surface area contributed by atoms with Crippen LogP contribution in [0.2, 0.25) is 0 Å². The van der Waals surface area contributed by atoms with Crippen LogP contribution < -0.4 is 10.3 Å². The summed E-state index contributed by atoms with van der Waals surface area (Å²) in [6.45, 7) is 1.18. The highest BCUT2D eigenvalue weighted by molar-refractivity contribution is 6.01. The standard InChI is InChI=1S/C20H19N3O3/c1-23(11-13-7-3-5-9-15(13)25-2)12-17-21-18-14-8-4-6-10-16(14)26-19(18)20(24)22-17/h3-10H,11-12H2,1-2H3,(H,21,22,24). The number of rotatable bonds is 5. The number of H-pyrrole nitrogens is 1. The van der Waals surface area contributed by atoms with Crippen molar-refractivity contribution in [3.8, 4) is 5.75 Å². The second-order valence-electron chi connectivity index (χ2n) is 6.27. The van der Waals surface area contributed by atoms with E-state index in [1.54, 1.807) is 7.11 Å². The number of aromatic nitrogens is 2. The highest BCUT2D eigenvalue weighted by Gasteiger charge is 2.14. The Balaban J connectivity index is 1.64. The van der Waals surface area contributed by atoms with Gasteiger partial charge in [0, 0.05) is 17.5 Å². The molecule has 0 saturated carbocycles. The minimum atomic E-state index is -0.258. The van der Waals surface area contributed by atoms with Crippen molar-refractivity contribution in [3.05, 3.63) is 70.3 Å². The number of hydrogen-bond donors (Lipinski definition) is 1. The molecule has 0 aliphatic carbocycles. The van der Waals surface area contributed by atoms with Crippen LogP contribution in [0.1, 0.15) is 11.4 Å². The number of methoxy groups -OCH3 is 1. The van der Waals surface area contributed by atoms with Crippen molar-refractivity contribution < 1.29 is 9.15 Å². The molecule has 2 heterocycles. The number of ether oxygens (including phenoxy) is 1. The lowest BCUT2D eigenvalue weighted by Crippen LogP contribution is -2.21. The van der Waals surface area contributed by atoms with E-state index in [9.17, 15) is 4.79 Å². The fourth-order valence-corrected chi connectivity index (χ4v) is 3.16. The molecule has 132 valence electrons. The second kappa shape index (κ2) is 6.65. The van der Waals surface area contributed by atoms with Crippen LogP contribution in [0.25, 0.3) is 22.1 Å². The molecule has 0 saturated heterocycles. The molecule has 0 fully saturated rings. The van der Waals surface area contributed by atoms with Crippen molar-refractivity contribution in [2.75, 3.05) is 14.2 Å². The fraction of sp³-hybridized carbons (Fsp3) is 0.200. The maximum absolute atomic E-state index is 12.4. The summed E-state index contributed by atoms with van der Waals surface area (Å²) < 4.78 is 11.0. The summed E-state index contributed by atoms with van der Waals surface area (Å²) in [7, 11) is 3.64. The Morgan fingerprint density at radius 3 is 2.73 bits per heavy atom. The molecule has 0 aliphatic heterocycles. The number of aromatic amines is 1. The minimum Gasteiger partial charge on any atom is -0.496 e. The molecule has 26 heavy (non-hydrogen) atoms. The lowest BCUT2D eigenvalue weighted by Gasteiger charge is -2.17. The van der Waals surface area contributed by atoms with Gasteiger partial charge >= 0.3 is 0 Å². The smallest absolute Gasteiger partial charge is 0.294 e. The molecule has 4 rings (SSSR count). The summed E-state index contributed by atoms with van der Waals surface area (Å²) in [6, 6.07) is 15.4. The SMILES string of the molecule is COc1ccccc1CN(C)Cc1nc2c(oc3ccccc32)c(=O)[nH]1. The third-order valence-corrected chi connectivity index (χ3v) is 4.33. The van der Waals surface area contributed by atoms with Crippen LogP contribution >= 0.6 is 0 Å². The van der Waals surface area contributed by atoms with E-state index in [1.807, 2.05) is 55.6 Å². The van der Waals surface area contributed by atoms with Gasteiger partial charge in [-0.05, 0) is 25.2 Å². The van der Waals surface area contributed by atoms with Crippen LogP contribution in [-0.4, -0.2) is 29.0 Å². The molecular weight excluding hydrogens is 330 g/mol. The molecule has 6 nitrogen and oxygen atoms in total. The van der Waals surface area contributed by atoms with Crippen molar-refractivity contribution >= 4 is 22.1 Å². The first kappa shape index (κ1) is 16.4. The Kier molecular flexibility index (Phi) is 4.18. The van der Waals surface area contributed by atoms with Gasteiger partial charge in [-0.25, -0.2) is 4.98 Å². The molecular formula is C20H19N3O3. The van der Waals surface area contributed by atoms with E-state index in [0.717, 1.165) is 16.7 Å². The predicted octanol–water partition coefficient (Wildman–Crippen LogP) is 3.31. The summed E-state index contributed by atoms with van der Waals surface area (Å²) in [6.07, 6.45) is 0. The van der Waals surface area contributed by atoms with Gasteiger partial charge in [0.2, 0.25) is 5.58 Å². The highest BCUT2D eigenvalue weighted by Crippen LogP contribution is 2.24. The molecule has 1 N–H and O–H groups in total. The number of para-hydroxylation sites is 2. The van der Waals surface area contributed by atoms with Gasteiger partial charge < -0.3 is 14.1 Å². The van der Waals surface area contributed by atoms with E-state index >= 15 is 0 Å². The van der Waals surface area contributed by atoms with E-state index in [4.69, 9.17) is 9.15 Å². The van der Waals surface area contributed by atoms with Crippen LogP contribution in [0.15, 0.2) is 57.7 Å². The molecule has 0 unspecified atom stereocenters. The first-order valence-corrected chi connectivity index (χ1v) is 8.36. The fourth-order valence-electron chi connectivity index (χ4n) is 3.16. The Bertz CT molecular complexity index is 1130. The summed E-state index contributed by atoms with van der Waals surface area (Å²) in [5.41, 5.74) is 2.36. The van der Waals surface area contributed by atoms with Gasteiger partial charge in [-0.3, -0.25) is 9.69 Å². The molecule has 2 aromatic heterocycles. The maximum Gasteiger partial charge on any atom is 0.294 e. The van der Waals surface area contributed by atoms with Gasteiger partial charge in [0.15, 0.2) is 0 Å². The first-order valence-electron chi connectivity index (χ1n) is 8.36. The third-order valence-electron chi connectivity index (χ3n) is 4.33. The Hall–Kier alpha value is -3.12. The van der Waals surface area contributed by atoms with Crippen molar-refractivity contribution in [2.24, 2.45) is 0 Å². The highest BCUT2D eigenvalue weighted by atomic mass is 16.5. The summed E-state index contributed by atoms with van der Waals surface area (Å²) in [4.78, 5) is 21.9. The van der Waals surface area contributed by atoms with Gasteiger partial charge in [0.25, 0.3) is 5.56 Å². The number of benzene rings is 2. The predicted molar refractivity (Wildman–Crippen MR) is 100 cm³/mol. The van der Waals surface area contributed by atoms with Crippen LogP contribution in [0.4, 0.5) is 0 Å². The van der Waals surface area contributed by atoms with Crippen molar-refractivity contribution in [1.82, 2.24) is 14.9 Å². The van der Waals surface area contributed by atoms with E-state index in [-0.39, 0.29) is 11.1 Å². The molecule has 0 bridgehead atoms. The average molecular weight is 349 g/mol. The van der Waals surface area contributed by atoms with Crippen molar-refractivity contribution in [1.29, 1.82) is 0 Å². The largest absolute Gasteiger partial charge is 0.496 e. The number of nitrogens with one attached hydrogen (secondary N) is 1. The molecule has 4 aromatic rings. The molecule has 0 atom stereocenters. The van der Waals surface area contributed by atoms with Crippen LogP contribution in [0, 0.1) is 0 Å². The first-order chi connectivity index (χ1) is 12.7. The minimum absolute atomic E-state index is 0.258. The zero-order chi connectivity index (χ0) is 18.1. The van der Waals surface area contributed by atoms with E-state index in [0.29, 0.717) is 30.0 Å². The Morgan fingerprint density at radius 2 is 1.88 bits per heavy atom. The van der Waals surface area contributed by atoms with Gasteiger partial charge in [0.05, 0.1) is 13.7 Å². The van der Waals surface area contributed by atoms with E-state index in [1.165, 1.54) is 0 Å². The van der Waals surface area contributed by atoms with Crippen LogP contribution in [0.3, 0.4) is 0 Å². The zero-order valence-corrected chi connectivity index (χ0v) is 14.7. The normalized spacial score (nSPS) is 11.5. The number of hydrogen-bond acceptors (Lipinski definition) is 5. The Morgan fingerprint density at radius 1 is 1.12 bits per heavy atom. The molecule has 0 amide bonds. The molecule has 0 spiro atoms. The van der Waals surface area contributed by atoms with Gasteiger partial charge in [-0.1, -0.05) is 30.3 Å². The third kappa shape index (κ3) is 2.95. The number of fused-ring (bicyclic) bond motifs is 3. The zero-order valence-electron chi connectivity index (χ0n) is 14.7. The van der Waals surface area contributed by atoms with Crippen molar-refractivity contribution in [3.63, 3.8) is 0 Å². The van der Waals surface area contributed by atoms with E-state index in [2.05, 4.69) is 14.9 Å². The average Bonchev–Trinajstić information content (AvgIpc) is 3.01. The monoisotopic (exact) mass is 349 g/mol. The Labute approximate surface area is 150 Å². The topological polar surface area (TPSA) is 71.4 Å². The molecule has 6 heteroatoms. The summed E-state index contributed by atoms with van der Waals surface area (Å²) >= 11 is 0. The molecule has 0 aliphatic rings. The van der Waals surface area contributed by atoms with Gasteiger partial charge in [0.1, 0.15) is 22.7 Å². The van der Waals surface area contributed by atoms with E-state index < -0.39 is 0 Å². The molecule has 0 radical (unpaired) electrons. The second-order valence-corrected chi connectivity index (χ2v) is 6.27. The number of furan rings is 1. The summed E-state index contributed by atoms with van der Waals surface area (Å²) in [5.74, 6) is 1.45. The van der Waals surface area contributed by atoms with Crippen LogP contribution in [-0.2, 0) is 13.1 Å². The number of nitrogens with zero attached hydrogens (tertiary/aromatic N) is 2. The quantitative estimate of drug-likeness (QED) is 0.598. The van der Waals surface area contributed by atoms with Crippen molar-refractivity contribution in [2.45, 2.75) is 13.1 Å². The van der Waals surface area contributed by atoms with Crippen LogP contribution in [0.5, 0.6) is 5.75 Å². The maximum atomic E-state index is 12.4. The lowest BCUT2D eigenvalue weighted by molar-refractivity contribution is 0.302. The summed E-state index contributed by atoms with van der Waals surface area (Å²) in [5, 5.41) is 0.849. The lowest BCUT2D eigenvalue weighted by atomic mass is 10.2.